The lowest BCUT2D eigenvalue weighted by atomic mass is 9.91. The molecule has 2 saturated carbocycles. The van der Waals surface area contributed by atoms with E-state index < -0.39 is 17.3 Å². The number of carbonyl (C=O) groups excluding carboxylic acids is 2. The lowest BCUT2D eigenvalue weighted by Crippen LogP contribution is -2.27. The number of hydrogen-bond acceptors (Lipinski definition) is 6. The maximum absolute atomic E-state index is 13.5. The Morgan fingerprint density at radius 3 is 2.54 bits per heavy atom. The first-order valence-corrected chi connectivity index (χ1v) is 11.6. The van der Waals surface area contributed by atoms with Gasteiger partial charge in [-0.3, -0.25) is 9.59 Å². The highest BCUT2D eigenvalue weighted by atomic mass is 35.5. The van der Waals surface area contributed by atoms with Crippen molar-refractivity contribution in [3.8, 4) is 0 Å². The zero-order valence-electron chi connectivity index (χ0n) is 19.2. The van der Waals surface area contributed by atoms with Gasteiger partial charge in [-0.05, 0) is 55.7 Å². The third kappa shape index (κ3) is 4.08. The molecule has 10 nitrogen and oxygen atoms in total. The lowest BCUT2D eigenvalue weighted by Gasteiger charge is -2.23. The van der Waals surface area contributed by atoms with Crippen LogP contribution in [-0.4, -0.2) is 41.2 Å². The number of hydrogen-bond donors (Lipinski definition) is 3. The summed E-state index contributed by atoms with van der Waals surface area (Å²) >= 11 is 5.84. The van der Waals surface area contributed by atoms with Crippen LogP contribution in [0.5, 0.6) is 0 Å². The lowest BCUT2D eigenvalue weighted by molar-refractivity contribution is 0.0218. The van der Waals surface area contributed by atoms with E-state index in [9.17, 15) is 19.1 Å². The second-order valence-electron chi connectivity index (χ2n) is 9.55. The van der Waals surface area contributed by atoms with Gasteiger partial charge in [-0.15, -0.1) is 5.10 Å². The van der Waals surface area contributed by atoms with Crippen molar-refractivity contribution < 1.29 is 19.1 Å². The Morgan fingerprint density at radius 2 is 1.94 bits per heavy atom. The molecule has 184 valence electrons. The number of fused-ring (bicyclic) bond motifs is 1. The van der Waals surface area contributed by atoms with Crippen LogP contribution in [0.1, 0.15) is 64.2 Å². The Morgan fingerprint density at radius 1 is 1.26 bits per heavy atom. The van der Waals surface area contributed by atoms with E-state index in [0.717, 1.165) is 12.8 Å². The predicted octanol–water partition coefficient (Wildman–Crippen LogP) is 2.48. The van der Waals surface area contributed by atoms with Crippen LogP contribution in [0, 0.1) is 17.7 Å². The van der Waals surface area contributed by atoms with Crippen LogP contribution in [0.4, 0.5) is 10.1 Å². The van der Waals surface area contributed by atoms with Crippen molar-refractivity contribution in [2.75, 3.05) is 5.32 Å². The Hall–Kier alpha value is -3.31. The second-order valence-corrected chi connectivity index (χ2v) is 9.95. The van der Waals surface area contributed by atoms with Gasteiger partial charge < -0.3 is 20.7 Å². The minimum absolute atomic E-state index is 0.0500. The standard InChI is InChI=1S/C23H25ClFN7O3/c1-31-10-27-17(18(31)21(34)28-14-3-4-16(25)15(24)7-14)11-5-12-8-23(35,9-13(12)6-11)22-29-20(19(26)33)30-32(22)2/h3-4,7,10-13,35H,5-6,8-9H2,1-2H3,(H2,26,33)(H,28,34). The maximum atomic E-state index is 13.5. The molecule has 3 aromatic rings. The summed E-state index contributed by atoms with van der Waals surface area (Å²) in [6, 6.07) is 4.01. The van der Waals surface area contributed by atoms with Gasteiger partial charge in [0.2, 0.25) is 5.82 Å². The number of aliphatic hydroxyl groups is 1. The Bertz CT molecular complexity index is 1320. The molecule has 2 heterocycles. The molecule has 2 atom stereocenters. The topological polar surface area (TPSA) is 141 Å². The van der Waals surface area contributed by atoms with E-state index in [-0.39, 0.29) is 34.5 Å². The fraction of sp³-hybridized carbons (Fsp3) is 0.435. The fourth-order valence-electron chi connectivity index (χ4n) is 5.75. The van der Waals surface area contributed by atoms with E-state index in [2.05, 4.69) is 20.4 Å². The van der Waals surface area contributed by atoms with E-state index in [4.69, 9.17) is 17.3 Å². The number of aromatic nitrogens is 5. The molecule has 2 fully saturated rings. The third-order valence-electron chi connectivity index (χ3n) is 7.19. The third-order valence-corrected chi connectivity index (χ3v) is 7.47. The summed E-state index contributed by atoms with van der Waals surface area (Å²) in [4.78, 5) is 33.3. The van der Waals surface area contributed by atoms with Gasteiger partial charge in [-0.25, -0.2) is 19.0 Å². The van der Waals surface area contributed by atoms with Gasteiger partial charge in [0.1, 0.15) is 17.1 Å². The molecule has 4 N–H and O–H groups in total. The molecule has 2 aliphatic carbocycles. The Balaban J connectivity index is 1.32. The number of anilines is 1. The molecular formula is C23H25ClFN7O3. The quantitative estimate of drug-likeness (QED) is 0.490. The molecule has 35 heavy (non-hydrogen) atoms. The van der Waals surface area contributed by atoms with Crippen molar-refractivity contribution in [1.82, 2.24) is 24.3 Å². The summed E-state index contributed by atoms with van der Waals surface area (Å²) in [5, 5.41) is 18.1. The van der Waals surface area contributed by atoms with E-state index in [1.165, 1.54) is 22.9 Å². The molecule has 0 radical (unpaired) electrons. The van der Waals surface area contributed by atoms with Gasteiger partial charge in [-0.1, -0.05) is 11.6 Å². The first-order valence-electron chi connectivity index (χ1n) is 11.3. The molecule has 2 unspecified atom stereocenters. The zero-order chi connectivity index (χ0) is 25.1. The van der Waals surface area contributed by atoms with Gasteiger partial charge in [0.25, 0.3) is 11.8 Å². The number of imidazole rings is 1. The number of benzene rings is 1. The summed E-state index contributed by atoms with van der Waals surface area (Å²) < 4.78 is 16.6. The molecule has 0 aliphatic heterocycles. The number of primary amides is 1. The van der Waals surface area contributed by atoms with Crippen molar-refractivity contribution in [3.05, 3.63) is 58.4 Å². The molecular weight excluding hydrogens is 477 g/mol. The van der Waals surface area contributed by atoms with Crippen LogP contribution < -0.4 is 11.1 Å². The number of carbonyl (C=O) groups is 2. The van der Waals surface area contributed by atoms with E-state index in [1.807, 2.05) is 0 Å². The number of nitrogens with zero attached hydrogens (tertiary/aromatic N) is 5. The maximum Gasteiger partial charge on any atom is 0.288 e. The van der Waals surface area contributed by atoms with Crippen molar-refractivity contribution in [2.24, 2.45) is 31.7 Å². The first-order chi connectivity index (χ1) is 16.6. The Labute approximate surface area is 205 Å². The number of halogens is 2. The van der Waals surface area contributed by atoms with E-state index >= 15 is 0 Å². The van der Waals surface area contributed by atoms with Crippen LogP contribution >= 0.6 is 11.6 Å². The largest absolute Gasteiger partial charge is 0.382 e. The number of nitrogens with two attached hydrogens (primary N) is 1. The number of amides is 2. The van der Waals surface area contributed by atoms with Crippen LogP contribution in [0.15, 0.2) is 24.5 Å². The number of nitrogens with one attached hydrogen (secondary N) is 1. The van der Waals surface area contributed by atoms with Gasteiger partial charge in [0.15, 0.2) is 5.82 Å². The first kappa shape index (κ1) is 23.4. The summed E-state index contributed by atoms with van der Waals surface area (Å²) in [5.41, 5.74) is 5.62. The van der Waals surface area contributed by atoms with Gasteiger partial charge in [0, 0.05) is 25.7 Å². The minimum atomic E-state index is -1.19. The smallest absolute Gasteiger partial charge is 0.288 e. The van der Waals surface area contributed by atoms with Crippen molar-refractivity contribution in [2.45, 2.75) is 37.2 Å². The minimum Gasteiger partial charge on any atom is -0.382 e. The second kappa shape index (κ2) is 8.42. The van der Waals surface area contributed by atoms with Crippen molar-refractivity contribution >= 4 is 29.1 Å². The van der Waals surface area contributed by atoms with Crippen LogP contribution in [0.25, 0.3) is 0 Å². The van der Waals surface area contributed by atoms with Gasteiger partial charge in [-0.2, -0.15) is 0 Å². The van der Waals surface area contributed by atoms with Crippen LogP contribution in [0.2, 0.25) is 5.02 Å². The number of aryl methyl sites for hydroxylation is 2. The molecule has 2 amide bonds. The molecule has 0 saturated heterocycles. The summed E-state index contributed by atoms with van der Waals surface area (Å²) in [5.74, 6) is -0.970. The highest BCUT2D eigenvalue weighted by Crippen LogP contribution is 2.56. The van der Waals surface area contributed by atoms with Crippen molar-refractivity contribution in [3.63, 3.8) is 0 Å². The average Bonchev–Trinajstić information content (AvgIpc) is 3.52. The van der Waals surface area contributed by atoms with Gasteiger partial charge in [0.05, 0.1) is 17.0 Å². The Kier molecular flexibility index (Phi) is 5.64. The van der Waals surface area contributed by atoms with E-state index in [0.29, 0.717) is 35.7 Å². The summed E-state index contributed by atoms with van der Waals surface area (Å²) in [6.45, 7) is 0. The molecule has 2 aromatic heterocycles. The highest BCUT2D eigenvalue weighted by molar-refractivity contribution is 6.31. The highest BCUT2D eigenvalue weighted by Gasteiger charge is 2.52. The van der Waals surface area contributed by atoms with E-state index in [1.54, 1.807) is 25.0 Å². The predicted molar refractivity (Wildman–Crippen MR) is 124 cm³/mol. The molecule has 12 heteroatoms. The normalized spacial score (nSPS) is 25.6. The molecule has 2 aliphatic rings. The van der Waals surface area contributed by atoms with Crippen LogP contribution in [0.3, 0.4) is 0 Å². The zero-order valence-corrected chi connectivity index (χ0v) is 20.0. The average molecular weight is 502 g/mol. The summed E-state index contributed by atoms with van der Waals surface area (Å²) in [6.07, 6.45) is 4.07. The number of rotatable bonds is 5. The molecule has 0 bridgehead atoms. The molecule has 5 rings (SSSR count). The van der Waals surface area contributed by atoms with Gasteiger partial charge >= 0.3 is 0 Å². The fourth-order valence-corrected chi connectivity index (χ4v) is 5.93. The SMILES string of the molecule is Cn1cnc(C2CC3CC(O)(c4nc(C(N)=O)nn4C)CC3C2)c1C(=O)Nc1ccc(F)c(Cl)c1. The van der Waals surface area contributed by atoms with Crippen LogP contribution in [-0.2, 0) is 19.7 Å². The monoisotopic (exact) mass is 501 g/mol. The molecule has 0 spiro atoms. The molecule has 1 aromatic carbocycles. The van der Waals surface area contributed by atoms with Crippen molar-refractivity contribution in [1.29, 1.82) is 0 Å². The summed E-state index contributed by atoms with van der Waals surface area (Å²) in [7, 11) is 3.39.